The third kappa shape index (κ3) is 3.09. The highest BCUT2D eigenvalue weighted by Gasteiger charge is 2.13. The van der Waals surface area contributed by atoms with Crippen molar-refractivity contribution in [2.45, 2.75) is 25.9 Å². The second-order valence-electron chi connectivity index (χ2n) is 4.20. The number of aromatic nitrogens is 2. The van der Waals surface area contributed by atoms with E-state index < -0.39 is 0 Å². The molecule has 2 aromatic heterocycles. The summed E-state index contributed by atoms with van der Waals surface area (Å²) in [4.78, 5) is 1.26. The third-order valence-corrected chi connectivity index (χ3v) is 4.16. The van der Waals surface area contributed by atoms with Gasteiger partial charge in [0.1, 0.15) is 0 Å². The second kappa shape index (κ2) is 5.21. The maximum Gasteiger partial charge on any atom is 0.0931 e. The lowest BCUT2D eigenvalue weighted by Crippen LogP contribution is -2.21. The van der Waals surface area contributed by atoms with Crippen molar-refractivity contribution in [1.29, 1.82) is 0 Å². The first-order valence-corrected chi connectivity index (χ1v) is 6.75. The monoisotopic (exact) mass is 269 g/mol. The van der Waals surface area contributed by atoms with E-state index in [-0.39, 0.29) is 6.04 Å². The van der Waals surface area contributed by atoms with Crippen molar-refractivity contribution in [2.24, 2.45) is 7.05 Å². The summed E-state index contributed by atoms with van der Waals surface area (Å²) in [6.07, 6.45) is 3.93. The highest BCUT2D eigenvalue weighted by Crippen LogP contribution is 2.28. The Bertz CT molecular complexity index is 447. The van der Waals surface area contributed by atoms with Gasteiger partial charge in [-0.1, -0.05) is 11.6 Å². The summed E-state index contributed by atoms with van der Waals surface area (Å²) in [5.74, 6) is 0. The van der Waals surface area contributed by atoms with Crippen molar-refractivity contribution in [3.63, 3.8) is 0 Å². The van der Waals surface area contributed by atoms with Gasteiger partial charge in [-0.15, -0.1) is 11.3 Å². The zero-order chi connectivity index (χ0) is 12.4. The first-order valence-electron chi connectivity index (χ1n) is 5.56. The van der Waals surface area contributed by atoms with E-state index in [1.54, 1.807) is 11.3 Å². The van der Waals surface area contributed by atoms with Crippen LogP contribution in [0.4, 0.5) is 0 Å². The number of nitrogens with one attached hydrogen (secondary N) is 1. The second-order valence-corrected chi connectivity index (χ2v) is 5.95. The molecular formula is C12H16ClN3S. The lowest BCUT2D eigenvalue weighted by molar-refractivity contribution is 0.500. The van der Waals surface area contributed by atoms with Gasteiger partial charge in [-0.05, 0) is 26.0 Å². The molecule has 2 atom stereocenters. The van der Waals surface area contributed by atoms with E-state index >= 15 is 0 Å². The molecule has 0 aliphatic heterocycles. The maximum atomic E-state index is 5.94. The molecule has 2 rings (SSSR count). The van der Waals surface area contributed by atoms with Crippen LogP contribution in [0, 0.1) is 0 Å². The molecule has 2 heterocycles. The van der Waals surface area contributed by atoms with Crippen LogP contribution in [0.3, 0.4) is 0 Å². The van der Waals surface area contributed by atoms with E-state index in [0.717, 1.165) is 4.34 Å². The molecule has 92 valence electrons. The number of hydrogen-bond acceptors (Lipinski definition) is 3. The van der Waals surface area contributed by atoms with E-state index in [1.807, 2.05) is 30.2 Å². The minimum atomic E-state index is 0.277. The van der Waals surface area contributed by atoms with E-state index in [1.165, 1.54) is 10.4 Å². The van der Waals surface area contributed by atoms with Gasteiger partial charge in [-0.2, -0.15) is 5.10 Å². The van der Waals surface area contributed by atoms with Crippen LogP contribution in [0.2, 0.25) is 4.34 Å². The normalized spacial score (nSPS) is 14.8. The van der Waals surface area contributed by atoms with Crippen molar-refractivity contribution in [2.75, 3.05) is 0 Å². The van der Waals surface area contributed by atoms with Gasteiger partial charge >= 0.3 is 0 Å². The predicted molar refractivity (Wildman–Crippen MR) is 72.5 cm³/mol. The minimum absolute atomic E-state index is 0.277. The van der Waals surface area contributed by atoms with Crippen molar-refractivity contribution < 1.29 is 0 Å². The summed E-state index contributed by atoms with van der Waals surface area (Å²) < 4.78 is 2.66. The standard InChI is InChI=1S/C12H16ClN3S/c1-8(10-6-14-16(3)7-10)15-9(2)11-4-5-12(13)17-11/h4-9,15H,1-3H3. The molecule has 0 aromatic carbocycles. The topological polar surface area (TPSA) is 29.9 Å². The summed E-state index contributed by atoms with van der Waals surface area (Å²) in [5.41, 5.74) is 1.20. The van der Waals surface area contributed by atoms with Gasteiger partial charge in [0.2, 0.25) is 0 Å². The molecule has 0 radical (unpaired) electrons. The average molecular weight is 270 g/mol. The highest BCUT2D eigenvalue weighted by molar-refractivity contribution is 7.16. The molecule has 3 nitrogen and oxygen atoms in total. The van der Waals surface area contributed by atoms with E-state index in [2.05, 4.69) is 30.3 Å². The fourth-order valence-corrected chi connectivity index (χ4v) is 2.85. The first-order chi connectivity index (χ1) is 8.06. The van der Waals surface area contributed by atoms with Crippen LogP contribution in [0.1, 0.15) is 36.4 Å². The molecular weight excluding hydrogens is 254 g/mol. The molecule has 0 aliphatic rings. The van der Waals surface area contributed by atoms with Crippen LogP contribution in [0.15, 0.2) is 24.5 Å². The van der Waals surface area contributed by atoms with E-state index in [9.17, 15) is 0 Å². The quantitative estimate of drug-likeness (QED) is 0.920. The molecule has 17 heavy (non-hydrogen) atoms. The summed E-state index contributed by atoms with van der Waals surface area (Å²) in [7, 11) is 1.93. The average Bonchev–Trinajstić information content (AvgIpc) is 2.87. The summed E-state index contributed by atoms with van der Waals surface area (Å²) in [5, 5.41) is 7.72. The smallest absolute Gasteiger partial charge is 0.0931 e. The van der Waals surface area contributed by atoms with Crippen LogP contribution in [-0.4, -0.2) is 9.78 Å². The Labute approximate surface area is 110 Å². The minimum Gasteiger partial charge on any atom is -0.303 e. The van der Waals surface area contributed by atoms with Gasteiger partial charge in [-0.3, -0.25) is 4.68 Å². The number of halogens is 1. The Morgan fingerprint density at radius 3 is 2.65 bits per heavy atom. The lowest BCUT2D eigenvalue weighted by atomic mass is 10.1. The van der Waals surface area contributed by atoms with Crippen molar-refractivity contribution in [3.05, 3.63) is 39.3 Å². The third-order valence-electron chi connectivity index (χ3n) is 2.75. The Kier molecular flexibility index (Phi) is 3.86. The van der Waals surface area contributed by atoms with Crippen LogP contribution >= 0.6 is 22.9 Å². The fourth-order valence-electron chi connectivity index (χ4n) is 1.78. The number of hydrogen-bond donors (Lipinski definition) is 1. The van der Waals surface area contributed by atoms with Crippen LogP contribution in [0.25, 0.3) is 0 Å². The van der Waals surface area contributed by atoms with E-state index in [4.69, 9.17) is 11.6 Å². The van der Waals surface area contributed by atoms with Gasteiger partial charge in [0.15, 0.2) is 0 Å². The Balaban J connectivity index is 2.01. The molecule has 2 unspecified atom stereocenters. The summed E-state index contributed by atoms with van der Waals surface area (Å²) >= 11 is 7.56. The van der Waals surface area contributed by atoms with E-state index in [0.29, 0.717) is 6.04 Å². The fraction of sp³-hybridized carbons (Fsp3) is 0.417. The van der Waals surface area contributed by atoms with Gasteiger partial charge in [-0.25, -0.2) is 0 Å². The summed E-state index contributed by atoms with van der Waals surface area (Å²) in [6.45, 7) is 4.29. The molecule has 5 heteroatoms. The van der Waals surface area contributed by atoms with Crippen LogP contribution in [0.5, 0.6) is 0 Å². The largest absolute Gasteiger partial charge is 0.303 e. The molecule has 0 bridgehead atoms. The number of aryl methyl sites for hydroxylation is 1. The van der Waals surface area contributed by atoms with Gasteiger partial charge in [0.05, 0.1) is 10.5 Å². The Morgan fingerprint density at radius 1 is 1.35 bits per heavy atom. The summed E-state index contributed by atoms with van der Waals surface area (Å²) in [6, 6.07) is 4.58. The number of thiophene rings is 1. The molecule has 2 aromatic rings. The van der Waals surface area contributed by atoms with Crippen molar-refractivity contribution >= 4 is 22.9 Å². The highest BCUT2D eigenvalue weighted by atomic mass is 35.5. The van der Waals surface area contributed by atoms with Crippen molar-refractivity contribution in [1.82, 2.24) is 15.1 Å². The molecule has 0 fully saturated rings. The molecule has 0 aliphatic carbocycles. The van der Waals surface area contributed by atoms with Gasteiger partial charge < -0.3 is 5.32 Å². The predicted octanol–water partition coefficient (Wildman–Crippen LogP) is 3.55. The Hall–Kier alpha value is -0.840. The molecule has 0 spiro atoms. The molecule has 0 saturated carbocycles. The van der Waals surface area contributed by atoms with Crippen LogP contribution < -0.4 is 5.32 Å². The van der Waals surface area contributed by atoms with Crippen LogP contribution in [-0.2, 0) is 7.05 Å². The lowest BCUT2D eigenvalue weighted by Gasteiger charge is -2.17. The zero-order valence-electron chi connectivity index (χ0n) is 10.1. The van der Waals surface area contributed by atoms with Gasteiger partial charge in [0, 0.05) is 35.8 Å². The molecule has 1 N–H and O–H groups in total. The zero-order valence-corrected chi connectivity index (χ0v) is 11.7. The number of nitrogens with zero attached hydrogens (tertiary/aromatic N) is 2. The number of rotatable bonds is 4. The molecule has 0 amide bonds. The van der Waals surface area contributed by atoms with Gasteiger partial charge in [0.25, 0.3) is 0 Å². The molecule has 0 saturated heterocycles. The SMILES string of the molecule is CC(NC(C)c1ccc(Cl)s1)c1cnn(C)c1. The first kappa shape index (κ1) is 12.6. The maximum absolute atomic E-state index is 5.94. The Morgan fingerprint density at radius 2 is 2.12 bits per heavy atom. The van der Waals surface area contributed by atoms with Crippen molar-refractivity contribution in [3.8, 4) is 0 Å².